The first-order valence-corrected chi connectivity index (χ1v) is 6.55. The number of amides is 2. The highest BCUT2D eigenvalue weighted by molar-refractivity contribution is 5.95. The third kappa shape index (κ3) is 3.79. The van der Waals surface area contributed by atoms with Crippen LogP contribution in [-0.2, 0) is 9.63 Å². The Morgan fingerprint density at radius 1 is 1.30 bits per heavy atom. The van der Waals surface area contributed by atoms with Crippen molar-refractivity contribution in [3.05, 3.63) is 29.8 Å². The summed E-state index contributed by atoms with van der Waals surface area (Å²) in [6, 6.07) is 6.82. The summed E-state index contributed by atoms with van der Waals surface area (Å²) in [6.07, 6.45) is 0.865. The molecule has 1 heterocycles. The molecule has 0 bridgehead atoms. The number of anilines is 1. The zero-order valence-electron chi connectivity index (χ0n) is 11.8. The van der Waals surface area contributed by atoms with E-state index in [1.807, 2.05) is 14.1 Å². The van der Waals surface area contributed by atoms with Gasteiger partial charge in [0.05, 0.1) is 19.7 Å². The van der Waals surface area contributed by atoms with Crippen LogP contribution >= 0.6 is 0 Å². The largest absolute Gasteiger partial charge is 0.325 e. The number of carbonyl (C=O) groups excluding carboxylic acids is 2. The van der Waals surface area contributed by atoms with Crippen molar-refractivity contribution in [2.75, 3.05) is 39.1 Å². The average Bonchev–Trinajstić information content (AvgIpc) is 2.91. The van der Waals surface area contributed by atoms with Crippen LogP contribution in [0.3, 0.4) is 0 Å². The van der Waals surface area contributed by atoms with Gasteiger partial charge in [-0.3, -0.25) is 14.4 Å². The molecule has 0 aliphatic carbocycles. The van der Waals surface area contributed by atoms with Gasteiger partial charge in [0.25, 0.3) is 5.91 Å². The van der Waals surface area contributed by atoms with Crippen LogP contribution in [0.4, 0.5) is 5.69 Å². The third-order valence-electron chi connectivity index (χ3n) is 2.85. The highest BCUT2D eigenvalue weighted by Crippen LogP contribution is 2.14. The van der Waals surface area contributed by atoms with Crippen molar-refractivity contribution < 1.29 is 14.4 Å². The highest BCUT2D eigenvalue weighted by Gasteiger charge is 2.20. The molecule has 2 rings (SSSR count). The molecule has 1 aliphatic heterocycles. The van der Waals surface area contributed by atoms with Crippen molar-refractivity contribution in [2.24, 2.45) is 0 Å². The monoisotopic (exact) mass is 277 g/mol. The highest BCUT2D eigenvalue weighted by atomic mass is 16.7. The van der Waals surface area contributed by atoms with E-state index in [2.05, 4.69) is 5.32 Å². The fraction of sp³-hybridized carbons (Fsp3) is 0.429. The molecule has 0 atom stereocenters. The number of rotatable bonds is 4. The number of hydroxylamine groups is 2. The zero-order chi connectivity index (χ0) is 14.5. The normalized spacial score (nSPS) is 14.7. The van der Waals surface area contributed by atoms with Crippen LogP contribution in [0.5, 0.6) is 0 Å². The van der Waals surface area contributed by atoms with Gasteiger partial charge in [-0.05, 0) is 44.8 Å². The standard InChI is InChI=1S/C14H19N3O3/c1-16(2)10-13(18)15-12-6-4-11(5-7-12)14(19)17-8-3-9-20-17/h4-7H,3,8-10H2,1-2H3,(H,15,18). The topological polar surface area (TPSA) is 61.9 Å². The summed E-state index contributed by atoms with van der Waals surface area (Å²) in [6.45, 7) is 1.53. The van der Waals surface area contributed by atoms with E-state index in [0.29, 0.717) is 30.9 Å². The number of nitrogens with zero attached hydrogens (tertiary/aromatic N) is 2. The van der Waals surface area contributed by atoms with E-state index in [4.69, 9.17) is 4.84 Å². The second kappa shape index (κ2) is 6.49. The van der Waals surface area contributed by atoms with Gasteiger partial charge in [0.2, 0.25) is 5.91 Å². The van der Waals surface area contributed by atoms with E-state index in [1.54, 1.807) is 29.2 Å². The zero-order valence-corrected chi connectivity index (χ0v) is 11.8. The Morgan fingerprint density at radius 2 is 2.00 bits per heavy atom. The molecule has 6 heteroatoms. The molecule has 6 nitrogen and oxygen atoms in total. The van der Waals surface area contributed by atoms with Gasteiger partial charge in [-0.1, -0.05) is 0 Å². The van der Waals surface area contributed by atoms with E-state index < -0.39 is 0 Å². The predicted octanol–water partition coefficient (Wildman–Crippen LogP) is 0.964. The van der Waals surface area contributed by atoms with Crippen molar-refractivity contribution in [2.45, 2.75) is 6.42 Å². The summed E-state index contributed by atoms with van der Waals surface area (Å²) in [7, 11) is 3.66. The molecular weight excluding hydrogens is 258 g/mol. The lowest BCUT2D eigenvalue weighted by Crippen LogP contribution is -2.27. The number of nitrogens with one attached hydrogen (secondary N) is 1. The van der Waals surface area contributed by atoms with Crippen molar-refractivity contribution in [1.82, 2.24) is 9.96 Å². The van der Waals surface area contributed by atoms with Crippen molar-refractivity contribution in [1.29, 1.82) is 0 Å². The summed E-state index contributed by atoms with van der Waals surface area (Å²) in [5.41, 5.74) is 1.23. The second-order valence-corrected chi connectivity index (χ2v) is 4.96. The van der Waals surface area contributed by atoms with Gasteiger partial charge in [0, 0.05) is 11.3 Å². The van der Waals surface area contributed by atoms with E-state index in [1.165, 1.54) is 5.06 Å². The number of hydrogen-bond acceptors (Lipinski definition) is 4. The maximum atomic E-state index is 12.0. The molecule has 108 valence electrons. The molecule has 2 amide bonds. The van der Waals surface area contributed by atoms with Crippen LogP contribution in [0.15, 0.2) is 24.3 Å². The van der Waals surface area contributed by atoms with Crippen molar-refractivity contribution in [3.63, 3.8) is 0 Å². The molecule has 1 N–H and O–H groups in total. The summed E-state index contributed by atoms with van der Waals surface area (Å²) in [5.74, 6) is -0.231. The van der Waals surface area contributed by atoms with Gasteiger partial charge >= 0.3 is 0 Å². The third-order valence-corrected chi connectivity index (χ3v) is 2.85. The number of benzene rings is 1. The molecule has 1 aliphatic rings. The van der Waals surface area contributed by atoms with Crippen LogP contribution in [-0.4, -0.2) is 55.6 Å². The Kier molecular flexibility index (Phi) is 4.70. The summed E-state index contributed by atoms with van der Waals surface area (Å²) < 4.78 is 0. The molecular formula is C14H19N3O3. The minimum Gasteiger partial charge on any atom is -0.325 e. The molecule has 1 fully saturated rings. The minimum atomic E-state index is -0.145. The quantitative estimate of drug-likeness (QED) is 0.890. The van der Waals surface area contributed by atoms with Crippen LogP contribution in [0.2, 0.25) is 0 Å². The molecule has 0 unspecified atom stereocenters. The SMILES string of the molecule is CN(C)CC(=O)Nc1ccc(C(=O)N2CCCO2)cc1. The smallest absolute Gasteiger partial charge is 0.277 e. The van der Waals surface area contributed by atoms with Crippen molar-refractivity contribution >= 4 is 17.5 Å². The molecule has 0 saturated carbocycles. The first kappa shape index (κ1) is 14.5. The van der Waals surface area contributed by atoms with E-state index in [-0.39, 0.29) is 11.8 Å². The Hall–Kier alpha value is -1.92. The fourth-order valence-electron chi connectivity index (χ4n) is 1.94. The molecule has 20 heavy (non-hydrogen) atoms. The molecule has 0 aromatic heterocycles. The van der Waals surface area contributed by atoms with Gasteiger partial charge in [0.1, 0.15) is 0 Å². The van der Waals surface area contributed by atoms with E-state index in [0.717, 1.165) is 6.42 Å². The Balaban J connectivity index is 1.95. The first-order valence-electron chi connectivity index (χ1n) is 6.55. The number of hydrogen-bond donors (Lipinski definition) is 1. The fourth-order valence-corrected chi connectivity index (χ4v) is 1.94. The number of carbonyl (C=O) groups is 2. The molecule has 0 radical (unpaired) electrons. The lowest BCUT2D eigenvalue weighted by atomic mass is 10.2. The van der Waals surface area contributed by atoms with Gasteiger partial charge < -0.3 is 10.2 Å². The first-order chi connectivity index (χ1) is 9.56. The number of likely N-dealkylation sites (N-methyl/N-ethyl adjacent to an activating group) is 1. The predicted molar refractivity (Wildman–Crippen MR) is 75.2 cm³/mol. The summed E-state index contributed by atoms with van der Waals surface area (Å²) >= 11 is 0. The van der Waals surface area contributed by atoms with Gasteiger partial charge in [-0.15, -0.1) is 0 Å². The van der Waals surface area contributed by atoms with Gasteiger partial charge in [0.15, 0.2) is 0 Å². The molecule has 1 aromatic rings. The minimum absolute atomic E-state index is 0.0862. The lowest BCUT2D eigenvalue weighted by Gasteiger charge is -2.14. The maximum absolute atomic E-state index is 12.0. The lowest BCUT2D eigenvalue weighted by molar-refractivity contribution is -0.116. The second-order valence-electron chi connectivity index (χ2n) is 4.96. The van der Waals surface area contributed by atoms with Gasteiger partial charge in [-0.2, -0.15) is 0 Å². The van der Waals surface area contributed by atoms with Crippen LogP contribution in [0.1, 0.15) is 16.8 Å². The van der Waals surface area contributed by atoms with E-state index >= 15 is 0 Å². The molecule has 1 aromatic carbocycles. The maximum Gasteiger partial charge on any atom is 0.277 e. The van der Waals surface area contributed by atoms with Crippen LogP contribution in [0.25, 0.3) is 0 Å². The van der Waals surface area contributed by atoms with E-state index in [9.17, 15) is 9.59 Å². The van der Waals surface area contributed by atoms with Crippen molar-refractivity contribution in [3.8, 4) is 0 Å². The Morgan fingerprint density at radius 3 is 2.55 bits per heavy atom. The Bertz CT molecular complexity index is 479. The molecule has 0 spiro atoms. The van der Waals surface area contributed by atoms with Crippen LogP contribution in [0, 0.1) is 0 Å². The van der Waals surface area contributed by atoms with Crippen LogP contribution < -0.4 is 5.32 Å². The van der Waals surface area contributed by atoms with Gasteiger partial charge in [-0.25, -0.2) is 5.06 Å². The molecule has 1 saturated heterocycles. The Labute approximate surface area is 118 Å². The summed E-state index contributed by atoms with van der Waals surface area (Å²) in [4.78, 5) is 30.6. The summed E-state index contributed by atoms with van der Waals surface area (Å²) in [5, 5.41) is 4.15. The average molecular weight is 277 g/mol.